The van der Waals surface area contributed by atoms with E-state index in [1.165, 1.54) is 18.9 Å². The number of carbonyl (C=O) groups excluding carboxylic acids is 3. The molecule has 0 aromatic heterocycles. The van der Waals surface area contributed by atoms with E-state index in [-0.39, 0.29) is 24.8 Å². The summed E-state index contributed by atoms with van der Waals surface area (Å²) in [5.74, 6) is -1.19. The monoisotopic (exact) mass is 390 g/mol. The van der Waals surface area contributed by atoms with Gasteiger partial charge >= 0.3 is 5.97 Å². The molecule has 28 heavy (non-hydrogen) atoms. The first-order valence-corrected chi connectivity index (χ1v) is 9.46. The Morgan fingerprint density at radius 1 is 1.18 bits per heavy atom. The minimum atomic E-state index is -0.517. The van der Waals surface area contributed by atoms with E-state index in [1.807, 2.05) is 0 Å². The number of anilines is 1. The summed E-state index contributed by atoms with van der Waals surface area (Å²) in [6.07, 6.45) is 1.53. The third-order valence-electron chi connectivity index (χ3n) is 5.20. The number of rotatable bonds is 5. The van der Waals surface area contributed by atoms with Gasteiger partial charge < -0.3 is 24.0 Å². The molecule has 1 spiro atoms. The molecule has 152 valence electrons. The van der Waals surface area contributed by atoms with E-state index in [1.54, 1.807) is 29.2 Å². The second kappa shape index (κ2) is 8.70. The quantitative estimate of drug-likeness (QED) is 0.710. The number of esters is 1. The van der Waals surface area contributed by atoms with Gasteiger partial charge in [0, 0.05) is 51.5 Å². The Labute approximate surface area is 164 Å². The molecule has 1 aromatic carbocycles. The zero-order chi connectivity index (χ0) is 20.1. The normalized spacial score (nSPS) is 18.1. The van der Waals surface area contributed by atoms with Gasteiger partial charge in [-0.1, -0.05) is 6.07 Å². The van der Waals surface area contributed by atoms with Gasteiger partial charge in [-0.3, -0.25) is 9.59 Å². The summed E-state index contributed by atoms with van der Waals surface area (Å²) in [5, 5.41) is 0. The van der Waals surface area contributed by atoms with Gasteiger partial charge in [-0.05, 0) is 18.2 Å². The Balaban J connectivity index is 1.59. The van der Waals surface area contributed by atoms with Crippen molar-refractivity contribution >= 4 is 23.5 Å². The fourth-order valence-corrected chi connectivity index (χ4v) is 3.64. The lowest BCUT2D eigenvalue weighted by Crippen LogP contribution is -2.48. The number of hydrogen-bond donors (Lipinski definition) is 0. The van der Waals surface area contributed by atoms with E-state index >= 15 is 0 Å². The van der Waals surface area contributed by atoms with Crippen molar-refractivity contribution in [2.45, 2.75) is 32.0 Å². The first-order valence-electron chi connectivity index (χ1n) is 9.46. The Morgan fingerprint density at radius 3 is 2.46 bits per heavy atom. The first kappa shape index (κ1) is 20.3. The summed E-state index contributed by atoms with van der Waals surface area (Å²) in [7, 11) is 1.31. The van der Waals surface area contributed by atoms with Crippen LogP contribution in [0, 0.1) is 0 Å². The van der Waals surface area contributed by atoms with Gasteiger partial charge in [0.1, 0.15) is 0 Å². The fourth-order valence-electron chi connectivity index (χ4n) is 3.64. The van der Waals surface area contributed by atoms with Crippen LogP contribution in [0.4, 0.5) is 5.69 Å². The van der Waals surface area contributed by atoms with Gasteiger partial charge in [0.15, 0.2) is 5.79 Å². The number of hydrogen-bond acceptors (Lipinski definition) is 6. The highest BCUT2D eigenvalue weighted by atomic mass is 16.7. The average Bonchev–Trinajstić information content (AvgIpc) is 3.15. The molecular weight excluding hydrogens is 364 g/mol. The van der Waals surface area contributed by atoms with E-state index in [2.05, 4.69) is 0 Å². The van der Waals surface area contributed by atoms with Crippen molar-refractivity contribution in [1.82, 2.24) is 4.90 Å². The maximum atomic E-state index is 12.6. The van der Waals surface area contributed by atoms with E-state index in [0.29, 0.717) is 50.4 Å². The van der Waals surface area contributed by atoms with Crippen LogP contribution >= 0.6 is 0 Å². The van der Waals surface area contributed by atoms with Crippen molar-refractivity contribution in [3.63, 3.8) is 0 Å². The molecule has 8 nitrogen and oxygen atoms in total. The van der Waals surface area contributed by atoms with Crippen LogP contribution in [0.3, 0.4) is 0 Å². The minimum absolute atomic E-state index is 0.0109. The Bertz CT molecular complexity index is 734. The lowest BCUT2D eigenvalue weighted by molar-refractivity contribution is -0.187. The lowest BCUT2D eigenvalue weighted by Gasteiger charge is -2.37. The van der Waals surface area contributed by atoms with E-state index in [0.717, 1.165) is 0 Å². The second-order valence-corrected chi connectivity index (χ2v) is 6.95. The number of nitrogens with zero attached hydrogens (tertiary/aromatic N) is 2. The van der Waals surface area contributed by atoms with E-state index in [9.17, 15) is 14.4 Å². The molecule has 1 aromatic rings. The largest absolute Gasteiger partial charge is 0.465 e. The first-order chi connectivity index (χ1) is 13.4. The third-order valence-corrected chi connectivity index (χ3v) is 5.20. The molecule has 2 fully saturated rings. The molecule has 0 bridgehead atoms. The number of amides is 2. The van der Waals surface area contributed by atoms with Crippen LogP contribution in [0.1, 0.15) is 36.5 Å². The van der Waals surface area contributed by atoms with Crippen molar-refractivity contribution in [3.8, 4) is 0 Å². The van der Waals surface area contributed by atoms with Crippen LogP contribution < -0.4 is 4.90 Å². The third kappa shape index (κ3) is 4.51. The lowest BCUT2D eigenvalue weighted by atomic mass is 10.0. The molecule has 2 aliphatic rings. The summed E-state index contributed by atoms with van der Waals surface area (Å²) in [5.41, 5.74) is 0.920. The predicted molar refractivity (Wildman–Crippen MR) is 101 cm³/mol. The molecule has 2 amide bonds. The topological polar surface area (TPSA) is 85.4 Å². The zero-order valence-electron chi connectivity index (χ0n) is 16.3. The number of carbonyl (C=O) groups is 3. The zero-order valence-corrected chi connectivity index (χ0v) is 16.3. The Hall–Kier alpha value is -2.45. The fraction of sp³-hybridized carbons (Fsp3) is 0.550. The summed E-state index contributed by atoms with van der Waals surface area (Å²) < 4.78 is 16.1. The molecule has 0 radical (unpaired) electrons. The van der Waals surface area contributed by atoms with Crippen molar-refractivity contribution in [1.29, 1.82) is 0 Å². The molecule has 2 heterocycles. The van der Waals surface area contributed by atoms with Gasteiger partial charge in [-0.25, -0.2) is 4.79 Å². The Kier molecular flexibility index (Phi) is 6.31. The molecule has 3 rings (SSSR count). The van der Waals surface area contributed by atoms with Crippen LogP contribution in [-0.4, -0.2) is 68.4 Å². The number of methoxy groups -OCH3 is 1. The number of benzene rings is 1. The molecular formula is C20H26N2O6. The van der Waals surface area contributed by atoms with E-state index in [4.69, 9.17) is 14.2 Å². The maximum absolute atomic E-state index is 12.6. The molecule has 0 saturated carbocycles. The standard InChI is InChI=1S/C20H26N2O6/c1-15(23)22(17-5-3-4-16(14-17)19(25)26-2)9-6-18(24)21-10-7-20(8-11-21)27-12-13-28-20/h3-5,14H,6-13H2,1-2H3. The maximum Gasteiger partial charge on any atom is 0.337 e. The average molecular weight is 390 g/mol. The summed E-state index contributed by atoms with van der Waals surface area (Å²) in [6, 6.07) is 6.63. The predicted octanol–water partition coefficient (Wildman–Crippen LogP) is 1.58. The molecule has 0 N–H and O–H groups in total. The Morgan fingerprint density at radius 2 is 1.86 bits per heavy atom. The molecule has 0 atom stereocenters. The summed E-state index contributed by atoms with van der Waals surface area (Å²) in [4.78, 5) is 39.7. The number of ether oxygens (including phenoxy) is 3. The highest BCUT2D eigenvalue weighted by molar-refractivity contribution is 5.95. The van der Waals surface area contributed by atoms with Crippen LogP contribution in [0.25, 0.3) is 0 Å². The van der Waals surface area contributed by atoms with Gasteiger partial charge in [0.2, 0.25) is 11.8 Å². The highest BCUT2D eigenvalue weighted by Crippen LogP contribution is 2.31. The molecule has 0 unspecified atom stereocenters. The van der Waals surface area contributed by atoms with Gasteiger partial charge in [0.05, 0.1) is 25.9 Å². The van der Waals surface area contributed by atoms with Gasteiger partial charge in [-0.2, -0.15) is 0 Å². The smallest absolute Gasteiger partial charge is 0.337 e. The molecule has 2 aliphatic heterocycles. The van der Waals surface area contributed by atoms with Crippen LogP contribution in [0.2, 0.25) is 0 Å². The number of likely N-dealkylation sites (tertiary alicyclic amines) is 1. The number of piperidine rings is 1. The minimum Gasteiger partial charge on any atom is -0.465 e. The van der Waals surface area contributed by atoms with Gasteiger partial charge in [0.25, 0.3) is 0 Å². The van der Waals surface area contributed by atoms with Crippen LogP contribution in [-0.2, 0) is 23.8 Å². The van der Waals surface area contributed by atoms with Crippen molar-refractivity contribution < 1.29 is 28.6 Å². The molecule has 8 heteroatoms. The van der Waals surface area contributed by atoms with E-state index < -0.39 is 11.8 Å². The van der Waals surface area contributed by atoms with Gasteiger partial charge in [-0.15, -0.1) is 0 Å². The summed E-state index contributed by atoms with van der Waals surface area (Å²) >= 11 is 0. The SMILES string of the molecule is COC(=O)c1cccc(N(CCC(=O)N2CCC3(CC2)OCCO3)C(C)=O)c1. The molecule has 2 saturated heterocycles. The van der Waals surface area contributed by atoms with Crippen LogP contribution in [0.5, 0.6) is 0 Å². The molecule has 0 aliphatic carbocycles. The second-order valence-electron chi connectivity index (χ2n) is 6.95. The van der Waals surface area contributed by atoms with Crippen molar-refractivity contribution in [2.24, 2.45) is 0 Å². The summed E-state index contributed by atoms with van der Waals surface area (Å²) in [6.45, 7) is 4.05. The van der Waals surface area contributed by atoms with Crippen molar-refractivity contribution in [3.05, 3.63) is 29.8 Å². The van der Waals surface area contributed by atoms with Crippen molar-refractivity contribution in [2.75, 3.05) is 44.9 Å². The highest BCUT2D eigenvalue weighted by Gasteiger charge is 2.40. The van der Waals surface area contributed by atoms with Crippen LogP contribution in [0.15, 0.2) is 24.3 Å².